The van der Waals surface area contributed by atoms with E-state index < -0.39 is 79.2 Å². The highest BCUT2D eigenvalue weighted by Gasteiger charge is 2.46. The van der Waals surface area contributed by atoms with E-state index in [4.69, 9.17) is 0 Å². The molecule has 16 heteroatoms. The molecule has 182 valence electrons. The maximum Gasteiger partial charge on any atom is 0.416 e. The van der Waals surface area contributed by atoms with Crippen molar-refractivity contribution in [2.24, 2.45) is 0 Å². The van der Waals surface area contributed by atoms with Crippen LogP contribution in [0.1, 0.15) is 16.8 Å². The Morgan fingerprint density at radius 2 is 2.00 bits per heavy atom. The minimum atomic E-state index is -5.11. The molecule has 1 aliphatic rings. The van der Waals surface area contributed by atoms with Gasteiger partial charge in [0.05, 0.1) is 24.1 Å². The first-order chi connectivity index (χ1) is 15.8. The molecule has 1 fully saturated rings. The van der Waals surface area contributed by atoms with E-state index in [1.165, 1.54) is 13.0 Å². The number of aryl methyl sites for hydroxylation is 1. The SMILES string of the molecule is Cc1nc(C(C#N)S(=O)(=O)c2cccc(F)c2F)c([N+](=O)[O-])c(N2CCO[C@@H](C(F)(F)F)C2)n1. The van der Waals surface area contributed by atoms with Gasteiger partial charge in [-0.1, -0.05) is 6.07 Å². The Morgan fingerprint density at radius 3 is 2.59 bits per heavy atom. The monoisotopic (exact) mass is 507 g/mol. The van der Waals surface area contributed by atoms with Crippen LogP contribution in [0.5, 0.6) is 0 Å². The van der Waals surface area contributed by atoms with E-state index in [1.54, 1.807) is 0 Å². The van der Waals surface area contributed by atoms with E-state index in [9.17, 15) is 45.7 Å². The third-order valence-corrected chi connectivity index (χ3v) is 6.69. The highest BCUT2D eigenvalue weighted by molar-refractivity contribution is 7.92. The third kappa shape index (κ3) is 4.61. The fourth-order valence-electron chi connectivity index (χ4n) is 3.30. The molecule has 1 saturated heterocycles. The van der Waals surface area contributed by atoms with Gasteiger partial charge in [-0.25, -0.2) is 27.2 Å². The highest BCUT2D eigenvalue weighted by Crippen LogP contribution is 2.39. The summed E-state index contributed by atoms with van der Waals surface area (Å²) in [5, 5.41) is 19.0. The zero-order valence-corrected chi connectivity index (χ0v) is 17.9. The van der Waals surface area contributed by atoms with Crippen LogP contribution >= 0.6 is 0 Å². The maximum atomic E-state index is 14.2. The number of benzene rings is 1. The van der Waals surface area contributed by atoms with Gasteiger partial charge in [-0.05, 0) is 19.1 Å². The van der Waals surface area contributed by atoms with Crippen molar-refractivity contribution >= 4 is 21.3 Å². The van der Waals surface area contributed by atoms with Crippen LogP contribution in [0.2, 0.25) is 0 Å². The van der Waals surface area contributed by atoms with Gasteiger partial charge in [-0.3, -0.25) is 10.1 Å². The fraction of sp³-hybridized carbons (Fsp3) is 0.389. The number of rotatable bonds is 5. The van der Waals surface area contributed by atoms with Gasteiger partial charge in [-0.2, -0.15) is 18.4 Å². The summed E-state index contributed by atoms with van der Waals surface area (Å²) in [5.74, 6) is -4.32. The summed E-state index contributed by atoms with van der Waals surface area (Å²) in [4.78, 5) is 17.9. The lowest BCUT2D eigenvalue weighted by Crippen LogP contribution is -2.49. The van der Waals surface area contributed by atoms with Gasteiger partial charge in [0, 0.05) is 6.54 Å². The topological polar surface area (TPSA) is 139 Å². The van der Waals surface area contributed by atoms with Crippen LogP contribution < -0.4 is 4.90 Å². The average molecular weight is 507 g/mol. The molecular weight excluding hydrogens is 493 g/mol. The number of alkyl halides is 3. The van der Waals surface area contributed by atoms with Crippen LogP contribution in [0.15, 0.2) is 23.1 Å². The van der Waals surface area contributed by atoms with Gasteiger partial charge >= 0.3 is 11.9 Å². The number of nitriles is 1. The first kappa shape index (κ1) is 25.2. The van der Waals surface area contributed by atoms with Crippen molar-refractivity contribution in [3.63, 3.8) is 0 Å². The number of aromatic nitrogens is 2. The van der Waals surface area contributed by atoms with Crippen molar-refractivity contribution in [3.8, 4) is 6.07 Å². The van der Waals surface area contributed by atoms with Gasteiger partial charge in [0.2, 0.25) is 20.9 Å². The minimum Gasteiger partial charge on any atom is -0.365 e. The molecule has 2 atom stereocenters. The molecule has 0 aliphatic carbocycles. The van der Waals surface area contributed by atoms with Crippen molar-refractivity contribution in [1.29, 1.82) is 5.26 Å². The average Bonchev–Trinajstić information content (AvgIpc) is 2.74. The first-order valence-corrected chi connectivity index (χ1v) is 10.9. The Hall–Kier alpha value is -3.45. The molecule has 0 amide bonds. The Balaban J connectivity index is 2.20. The molecule has 1 aliphatic heterocycles. The van der Waals surface area contributed by atoms with Gasteiger partial charge in [0.15, 0.2) is 23.4 Å². The summed E-state index contributed by atoms with van der Waals surface area (Å²) >= 11 is 0. The number of halogens is 5. The Labute approximate surface area is 188 Å². The molecule has 1 aromatic carbocycles. The molecule has 0 saturated carbocycles. The molecule has 2 heterocycles. The predicted molar refractivity (Wildman–Crippen MR) is 103 cm³/mol. The number of morpholine rings is 1. The second-order valence-electron chi connectivity index (χ2n) is 7.04. The zero-order chi connectivity index (χ0) is 25.4. The van der Waals surface area contributed by atoms with E-state index in [1.807, 2.05) is 0 Å². The Kier molecular flexibility index (Phi) is 6.71. The molecular formula is C18H14F5N5O5S. The lowest BCUT2D eigenvalue weighted by molar-refractivity contribution is -0.385. The molecule has 0 N–H and O–H groups in total. The summed E-state index contributed by atoms with van der Waals surface area (Å²) in [6, 6.07) is 3.44. The van der Waals surface area contributed by atoms with Gasteiger partial charge < -0.3 is 9.64 Å². The van der Waals surface area contributed by atoms with Crippen molar-refractivity contribution in [2.45, 2.75) is 29.3 Å². The molecule has 0 spiro atoms. The van der Waals surface area contributed by atoms with Crippen LogP contribution in [-0.4, -0.2) is 55.3 Å². The van der Waals surface area contributed by atoms with E-state index >= 15 is 0 Å². The van der Waals surface area contributed by atoms with E-state index in [0.717, 1.165) is 11.0 Å². The quantitative estimate of drug-likeness (QED) is 0.339. The molecule has 0 radical (unpaired) electrons. The van der Waals surface area contributed by atoms with Crippen molar-refractivity contribution in [3.05, 3.63) is 51.5 Å². The fourth-order valence-corrected chi connectivity index (χ4v) is 4.77. The van der Waals surface area contributed by atoms with Crippen molar-refractivity contribution < 1.29 is 40.0 Å². The van der Waals surface area contributed by atoms with E-state index in [2.05, 4.69) is 14.7 Å². The number of anilines is 1. The van der Waals surface area contributed by atoms with E-state index in [0.29, 0.717) is 12.1 Å². The normalized spacial score (nSPS) is 17.8. The first-order valence-electron chi connectivity index (χ1n) is 9.32. The molecule has 1 aromatic heterocycles. The molecule has 10 nitrogen and oxygen atoms in total. The number of hydrogen-bond acceptors (Lipinski definition) is 9. The number of sulfone groups is 1. The smallest absolute Gasteiger partial charge is 0.365 e. The zero-order valence-electron chi connectivity index (χ0n) is 17.1. The van der Waals surface area contributed by atoms with Crippen LogP contribution in [0.3, 0.4) is 0 Å². The minimum absolute atomic E-state index is 0.272. The Bertz CT molecular complexity index is 1280. The lowest BCUT2D eigenvalue weighted by Gasteiger charge is -2.34. The second-order valence-corrected chi connectivity index (χ2v) is 9.04. The van der Waals surface area contributed by atoms with Gasteiger partial charge in [0.1, 0.15) is 10.7 Å². The summed E-state index contributed by atoms with van der Waals surface area (Å²) in [5.41, 5.74) is -2.14. The Morgan fingerprint density at radius 1 is 1.32 bits per heavy atom. The molecule has 2 aromatic rings. The molecule has 1 unspecified atom stereocenters. The summed E-state index contributed by atoms with van der Waals surface area (Å²) in [7, 11) is -5.11. The number of nitro groups is 1. The van der Waals surface area contributed by atoms with Crippen LogP contribution in [0, 0.1) is 40.0 Å². The molecule has 0 bridgehead atoms. The third-order valence-electron chi connectivity index (χ3n) is 4.82. The highest BCUT2D eigenvalue weighted by atomic mass is 32.2. The predicted octanol–water partition coefficient (Wildman–Crippen LogP) is 2.78. The number of ether oxygens (including phenoxy) is 1. The standard InChI is InChI=1S/C18H14F5N5O5S/c1-9-25-15(12(7-24)34(31,32)11-4-2-3-10(19)14(11)20)16(28(29)30)17(26-9)27-5-6-33-13(8-27)18(21,22)23/h2-4,12-13H,5-6,8H2,1H3/t12?,13-/m1/s1. The van der Waals surface area contributed by atoms with E-state index in [-0.39, 0.29) is 12.4 Å². The largest absolute Gasteiger partial charge is 0.416 e. The van der Waals surface area contributed by atoms with Gasteiger partial charge in [0.25, 0.3) is 0 Å². The van der Waals surface area contributed by atoms with Gasteiger partial charge in [-0.15, -0.1) is 0 Å². The van der Waals surface area contributed by atoms with Crippen LogP contribution in [0.4, 0.5) is 33.5 Å². The number of hydrogen-bond donors (Lipinski definition) is 0. The molecule has 34 heavy (non-hydrogen) atoms. The van der Waals surface area contributed by atoms with Crippen molar-refractivity contribution in [1.82, 2.24) is 9.97 Å². The van der Waals surface area contributed by atoms with Crippen molar-refractivity contribution in [2.75, 3.05) is 24.6 Å². The van der Waals surface area contributed by atoms with Crippen LogP contribution in [-0.2, 0) is 14.6 Å². The second kappa shape index (κ2) is 9.06. The summed E-state index contributed by atoms with van der Waals surface area (Å²) in [6.45, 7) is -0.481. The molecule has 3 rings (SSSR count). The summed E-state index contributed by atoms with van der Waals surface area (Å²) in [6.07, 6.45) is -7.11. The van der Waals surface area contributed by atoms with Crippen LogP contribution in [0.25, 0.3) is 0 Å². The number of nitrogens with zero attached hydrogens (tertiary/aromatic N) is 5. The maximum absolute atomic E-state index is 14.2. The lowest BCUT2D eigenvalue weighted by atomic mass is 10.2. The summed E-state index contributed by atoms with van der Waals surface area (Å²) < 4.78 is 97.9.